The molecule has 0 bridgehead atoms. The predicted molar refractivity (Wildman–Crippen MR) is 125 cm³/mol. The molecule has 1 heterocycles. The number of halogens is 4. The second-order valence-electron chi connectivity index (χ2n) is 8.88. The largest absolute Gasteiger partial charge is 1.00 e. The third-order valence-corrected chi connectivity index (χ3v) is 7.52. The lowest BCUT2D eigenvalue weighted by Crippen LogP contribution is -3.00. The first-order chi connectivity index (χ1) is 15.5. The summed E-state index contributed by atoms with van der Waals surface area (Å²) in [5.41, 5.74) is 0.556. The maximum Gasteiger partial charge on any atom is 0.417 e. The second-order valence-corrected chi connectivity index (χ2v) is 9.99. The van der Waals surface area contributed by atoms with Gasteiger partial charge in [0, 0.05) is 22.8 Å². The van der Waals surface area contributed by atoms with Crippen molar-refractivity contribution in [3.8, 4) is 0 Å². The van der Waals surface area contributed by atoms with E-state index in [2.05, 4.69) is 10.6 Å². The van der Waals surface area contributed by atoms with E-state index in [-0.39, 0.29) is 28.9 Å². The highest BCUT2D eigenvalue weighted by atomic mass is 127. The molecule has 1 nitrogen and oxygen atoms in total. The molecular formula is C27H31F3INS. The number of hydrogen-bond acceptors (Lipinski definition) is 1. The number of fused-ring (bicyclic) bond motifs is 1. The fraction of sp³-hybridized carbons (Fsp3) is 0.444. The van der Waals surface area contributed by atoms with Gasteiger partial charge in [0.05, 0.1) is 10.5 Å². The van der Waals surface area contributed by atoms with E-state index in [0.717, 1.165) is 40.7 Å². The zero-order valence-electron chi connectivity index (χ0n) is 18.8. The number of unbranched alkanes of at least 4 members (excludes halogenated alkanes) is 2. The van der Waals surface area contributed by atoms with E-state index in [0.29, 0.717) is 0 Å². The summed E-state index contributed by atoms with van der Waals surface area (Å²) in [4.78, 5) is 1.08. The monoisotopic (exact) mass is 585 g/mol. The number of hydrogen-bond donors (Lipinski definition) is 0. The lowest BCUT2D eigenvalue weighted by atomic mass is 9.85. The van der Waals surface area contributed by atoms with Crippen LogP contribution in [0, 0.1) is 5.92 Å². The lowest BCUT2D eigenvalue weighted by molar-refractivity contribution is -0.673. The van der Waals surface area contributed by atoms with Crippen LogP contribution in [0.25, 0.3) is 10.9 Å². The first kappa shape index (κ1) is 26.3. The molecule has 1 fully saturated rings. The molecule has 0 N–H and O–H groups in total. The number of pyridine rings is 1. The van der Waals surface area contributed by atoms with Crippen LogP contribution in [0.1, 0.15) is 63.4 Å². The molecule has 0 atom stereocenters. The Morgan fingerprint density at radius 2 is 1.61 bits per heavy atom. The number of aryl methyl sites for hydroxylation is 1. The molecule has 1 aromatic heterocycles. The zero-order valence-corrected chi connectivity index (χ0v) is 21.8. The minimum absolute atomic E-state index is 0. The molecule has 0 saturated heterocycles. The van der Waals surface area contributed by atoms with Gasteiger partial charge in [-0.1, -0.05) is 81.0 Å². The van der Waals surface area contributed by atoms with Gasteiger partial charge >= 0.3 is 6.18 Å². The van der Waals surface area contributed by atoms with Crippen LogP contribution in [-0.2, 0) is 12.7 Å². The number of nitrogens with zero attached hydrogens (tertiary/aromatic N) is 1. The van der Waals surface area contributed by atoms with Crippen molar-refractivity contribution in [3.05, 3.63) is 66.4 Å². The minimum atomic E-state index is -4.35. The van der Waals surface area contributed by atoms with Gasteiger partial charge < -0.3 is 24.0 Å². The van der Waals surface area contributed by atoms with Crippen molar-refractivity contribution >= 4 is 22.7 Å². The molecule has 0 aliphatic heterocycles. The number of para-hydroxylation sites is 1. The van der Waals surface area contributed by atoms with Gasteiger partial charge in [-0.25, -0.2) is 0 Å². The normalized spacial score (nSPS) is 14.9. The summed E-state index contributed by atoms with van der Waals surface area (Å²) in [6.45, 7) is 0.889. The van der Waals surface area contributed by atoms with Crippen molar-refractivity contribution in [2.45, 2.75) is 80.3 Å². The van der Waals surface area contributed by atoms with Crippen LogP contribution >= 0.6 is 11.8 Å². The van der Waals surface area contributed by atoms with Crippen LogP contribution in [0.3, 0.4) is 0 Å². The molecule has 178 valence electrons. The Bertz CT molecular complexity index is 1030. The maximum atomic E-state index is 13.4. The Morgan fingerprint density at radius 1 is 0.879 bits per heavy atom. The molecule has 4 rings (SSSR count). The molecule has 1 aliphatic rings. The minimum Gasteiger partial charge on any atom is -1.00 e. The summed E-state index contributed by atoms with van der Waals surface area (Å²) in [5, 5.41) is 1.06. The summed E-state index contributed by atoms with van der Waals surface area (Å²) < 4.78 is 42.5. The first-order valence-electron chi connectivity index (χ1n) is 11.8. The Kier molecular flexibility index (Phi) is 9.92. The summed E-state index contributed by atoms with van der Waals surface area (Å²) in [6.07, 6.45) is 9.57. The van der Waals surface area contributed by atoms with E-state index in [4.69, 9.17) is 0 Å². The fourth-order valence-electron chi connectivity index (χ4n) is 4.81. The third kappa shape index (κ3) is 7.35. The topological polar surface area (TPSA) is 3.88 Å². The molecule has 0 amide bonds. The highest BCUT2D eigenvalue weighted by Gasteiger charge is 2.33. The van der Waals surface area contributed by atoms with Crippen molar-refractivity contribution in [2.24, 2.45) is 5.92 Å². The fourth-order valence-corrected chi connectivity index (χ4v) is 5.87. The molecule has 1 saturated carbocycles. The third-order valence-electron chi connectivity index (χ3n) is 6.48. The SMILES string of the molecule is FC(F)(F)c1ccccc1Sc1cc2ccccc2[n+](CCCCCC2CCCCC2)c1.[I-]. The van der Waals surface area contributed by atoms with Crippen LogP contribution in [0.5, 0.6) is 0 Å². The Labute approximate surface area is 216 Å². The van der Waals surface area contributed by atoms with Gasteiger partial charge in [-0.3, -0.25) is 0 Å². The van der Waals surface area contributed by atoms with Crippen molar-refractivity contribution < 1.29 is 41.7 Å². The molecule has 0 spiro atoms. The summed E-state index contributed by atoms with van der Waals surface area (Å²) in [6, 6.07) is 15.9. The number of aromatic nitrogens is 1. The second kappa shape index (κ2) is 12.4. The van der Waals surface area contributed by atoms with E-state index in [1.165, 1.54) is 69.2 Å². The van der Waals surface area contributed by atoms with Gasteiger partial charge in [0.1, 0.15) is 6.54 Å². The molecule has 2 aromatic carbocycles. The molecule has 6 heteroatoms. The summed E-state index contributed by atoms with van der Waals surface area (Å²) >= 11 is 1.19. The van der Waals surface area contributed by atoms with Gasteiger partial charge in [-0.05, 0) is 36.6 Å². The van der Waals surface area contributed by atoms with Crippen LogP contribution in [-0.4, -0.2) is 0 Å². The van der Waals surface area contributed by atoms with Crippen LogP contribution in [0.4, 0.5) is 13.2 Å². The van der Waals surface area contributed by atoms with Gasteiger partial charge in [0.25, 0.3) is 0 Å². The Hall–Kier alpha value is -1.28. The number of alkyl halides is 3. The molecule has 3 aromatic rings. The zero-order chi connectivity index (χ0) is 22.4. The van der Waals surface area contributed by atoms with Crippen molar-refractivity contribution in [1.82, 2.24) is 0 Å². The number of rotatable bonds is 8. The molecule has 0 radical (unpaired) electrons. The standard InChI is InChI=1S/C27H31F3NS.HI/c28-27(29,30)24-15-7-9-17-26(24)32-23-19-22-14-6-8-16-25(22)31(20-23)18-10-2-5-13-21-11-3-1-4-12-21;/h6-9,14-17,19-21H,1-5,10-13,18H2;1H/q+1;/p-1. The van der Waals surface area contributed by atoms with Crippen molar-refractivity contribution in [2.75, 3.05) is 0 Å². The molecule has 1 aliphatic carbocycles. The van der Waals surface area contributed by atoms with E-state index < -0.39 is 11.7 Å². The van der Waals surface area contributed by atoms with E-state index >= 15 is 0 Å². The van der Waals surface area contributed by atoms with E-state index in [1.807, 2.05) is 30.5 Å². The summed E-state index contributed by atoms with van der Waals surface area (Å²) in [7, 11) is 0. The number of benzene rings is 2. The Balaban J connectivity index is 0.00000306. The first-order valence-corrected chi connectivity index (χ1v) is 12.6. The van der Waals surface area contributed by atoms with Crippen LogP contribution in [0.15, 0.2) is 70.6 Å². The molecular weight excluding hydrogens is 554 g/mol. The van der Waals surface area contributed by atoms with Crippen molar-refractivity contribution in [1.29, 1.82) is 0 Å². The van der Waals surface area contributed by atoms with E-state index in [9.17, 15) is 13.2 Å². The van der Waals surface area contributed by atoms with Gasteiger partial charge in [-0.15, -0.1) is 0 Å². The Morgan fingerprint density at radius 3 is 2.39 bits per heavy atom. The van der Waals surface area contributed by atoms with Gasteiger partial charge in [-0.2, -0.15) is 17.7 Å². The summed E-state index contributed by atoms with van der Waals surface area (Å²) in [5.74, 6) is 0.922. The van der Waals surface area contributed by atoms with Crippen LogP contribution < -0.4 is 28.5 Å². The average Bonchev–Trinajstić information content (AvgIpc) is 2.79. The quantitative estimate of drug-likeness (QED) is 0.194. The highest BCUT2D eigenvalue weighted by Crippen LogP contribution is 2.39. The smallest absolute Gasteiger partial charge is 0.417 e. The molecule has 0 unspecified atom stereocenters. The van der Waals surface area contributed by atoms with Gasteiger partial charge in [0.2, 0.25) is 5.52 Å². The van der Waals surface area contributed by atoms with Crippen LogP contribution in [0.2, 0.25) is 0 Å². The highest BCUT2D eigenvalue weighted by molar-refractivity contribution is 7.99. The average molecular weight is 586 g/mol. The van der Waals surface area contributed by atoms with Gasteiger partial charge in [0.15, 0.2) is 6.20 Å². The maximum absolute atomic E-state index is 13.4. The predicted octanol–water partition coefficient (Wildman–Crippen LogP) is 5.44. The van der Waals surface area contributed by atoms with E-state index in [1.54, 1.807) is 12.1 Å². The molecule has 33 heavy (non-hydrogen) atoms. The van der Waals surface area contributed by atoms with Crippen molar-refractivity contribution in [3.63, 3.8) is 0 Å². The lowest BCUT2D eigenvalue weighted by Gasteiger charge is -2.21.